The Hall–Kier alpha value is -1.29. The molecule has 0 bridgehead atoms. The van der Waals surface area contributed by atoms with Crippen molar-refractivity contribution in [3.63, 3.8) is 0 Å². The third-order valence-electron chi connectivity index (χ3n) is 3.40. The standard InChI is InChI=1S/C15H21NO2S/c1-5-19(17,18)10-14-9-13-8-12(4)6-7-15(13)16(14)11(2)3/h6-9,11H,5,10H2,1-4H3. The fraction of sp³-hybridized carbons (Fsp3) is 0.467. The number of nitrogens with zero attached hydrogens (tertiary/aromatic N) is 1. The first kappa shape index (κ1) is 14.1. The second-order valence-corrected chi connectivity index (χ2v) is 7.69. The fourth-order valence-corrected chi connectivity index (χ4v) is 3.34. The number of aryl methyl sites for hydroxylation is 1. The van der Waals surface area contributed by atoms with Gasteiger partial charge in [-0.2, -0.15) is 0 Å². The van der Waals surface area contributed by atoms with Gasteiger partial charge in [0.25, 0.3) is 0 Å². The monoisotopic (exact) mass is 279 g/mol. The number of sulfone groups is 1. The largest absolute Gasteiger partial charge is 0.341 e. The van der Waals surface area contributed by atoms with Gasteiger partial charge in [0, 0.05) is 28.4 Å². The zero-order valence-corrected chi connectivity index (χ0v) is 12.8. The zero-order valence-electron chi connectivity index (χ0n) is 12.0. The minimum Gasteiger partial charge on any atom is -0.341 e. The first-order valence-corrected chi connectivity index (χ1v) is 8.47. The zero-order chi connectivity index (χ0) is 14.2. The molecule has 1 heterocycles. The Labute approximate surface area is 115 Å². The van der Waals surface area contributed by atoms with Gasteiger partial charge in [-0.1, -0.05) is 18.6 Å². The minimum absolute atomic E-state index is 0.120. The summed E-state index contributed by atoms with van der Waals surface area (Å²) in [6.07, 6.45) is 0. The van der Waals surface area contributed by atoms with Crippen LogP contribution in [0.4, 0.5) is 0 Å². The Morgan fingerprint density at radius 2 is 1.89 bits per heavy atom. The molecule has 0 N–H and O–H groups in total. The van der Waals surface area contributed by atoms with Gasteiger partial charge in [0.05, 0.1) is 5.75 Å². The lowest BCUT2D eigenvalue weighted by atomic mass is 10.2. The van der Waals surface area contributed by atoms with E-state index in [1.165, 1.54) is 5.56 Å². The molecule has 0 atom stereocenters. The highest BCUT2D eigenvalue weighted by molar-refractivity contribution is 7.90. The average molecular weight is 279 g/mol. The second-order valence-electron chi connectivity index (χ2n) is 5.34. The van der Waals surface area contributed by atoms with E-state index in [1.54, 1.807) is 6.92 Å². The van der Waals surface area contributed by atoms with Crippen molar-refractivity contribution in [3.8, 4) is 0 Å². The van der Waals surface area contributed by atoms with Crippen molar-refractivity contribution >= 4 is 20.7 Å². The van der Waals surface area contributed by atoms with Gasteiger partial charge >= 0.3 is 0 Å². The lowest BCUT2D eigenvalue weighted by Gasteiger charge is -2.14. The van der Waals surface area contributed by atoms with Gasteiger partial charge < -0.3 is 4.57 Å². The molecule has 0 spiro atoms. The maximum Gasteiger partial charge on any atom is 0.155 e. The molecule has 0 amide bonds. The number of aromatic nitrogens is 1. The van der Waals surface area contributed by atoms with Gasteiger partial charge in [-0.3, -0.25) is 0 Å². The average Bonchev–Trinajstić information content (AvgIpc) is 2.65. The topological polar surface area (TPSA) is 39.1 Å². The maximum atomic E-state index is 11.9. The lowest BCUT2D eigenvalue weighted by Crippen LogP contribution is -2.12. The van der Waals surface area contributed by atoms with Crippen molar-refractivity contribution in [2.24, 2.45) is 0 Å². The van der Waals surface area contributed by atoms with Crippen LogP contribution in [0.25, 0.3) is 10.9 Å². The molecule has 0 radical (unpaired) electrons. The molecule has 1 aromatic heterocycles. The van der Waals surface area contributed by atoms with Crippen LogP contribution in [-0.4, -0.2) is 18.7 Å². The molecule has 1 aromatic carbocycles. The first-order valence-electron chi connectivity index (χ1n) is 6.65. The molecular weight excluding hydrogens is 258 g/mol. The third kappa shape index (κ3) is 2.84. The summed E-state index contributed by atoms with van der Waals surface area (Å²) >= 11 is 0. The van der Waals surface area contributed by atoms with Crippen LogP contribution >= 0.6 is 0 Å². The van der Waals surface area contributed by atoms with E-state index in [4.69, 9.17) is 0 Å². The molecule has 0 aliphatic heterocycles. The molecule has 0 saturated carbocycles. The summed E-state index contributed by atoms with van der Waals surface area (Å²) in [4.78, 5) is 0. The van der Waals surface area contributed by atoms with Gasteiger partial charge in [0.1, 0.15) is 0 Å². The van der Waals surface area contributed by atoms with Crippen LogP contribution in [0.15, 0.2) is 24.3 Å². The highest BCUT2D eigenvalue weighted by atomic mass is 32.2. The molecule has 0 aliphatic carbocycles. The predicted octanol–water partition coefficient (Wildman–Crippen LogP) is 3.47. The highest BCUT2D eigenvalue weighted by Gasteiger charge is 2.17. The van der Waals surface area contributed by atoms with Crippen molar-refractivity contribution < 1.29 is 8.42 Å². The summed E-state index contributed by atoms with van der Waals surface area (Å²) in [5.74, 6) is 0.307. The van der Waals surface area contributed by atoms with Crippen LogP contribution in [0, 0.1) is 6.92 Å². The summed E-state index contributed by atoms with van der Waals surface area (Å²) in [6, 6.07) is 8.51. The van der Waals surface area contributed by atoms with Crippen molar-refractivity contribution in [2.75, 3.05) is 5.75 Å². The van der Waals surface area contributed by atoms with Crippen molar-refractivity contribution in [1.29, 1.82) is 0 Å². The molecule has 19 heavy (non-hydrogen) atoms. The Bertz CT molecular complexity index is 696. The Morgan fingerprint density at radius 3 is 2.47 bits per heavy atom. The quantitative estimate of drug-likeness (QED) is 0.859. The van der Waals surface area contributed by atoms with Gasteiger partial charge in [-0.25, -0.2) is 8.42 Å². The molecule has 0 unspecified atom stereocenters. The summed E-state index contributed by atoms with van der Waals surface area (Å²) < 4.78 is 25.9. The molecule has 2 rings (SSSR count). The fourth-order valence-electron chi connectivity index (χ4n) is 2.46. The van der Waals surface area contributed by atoms with Gasteiger partial charge in [0.15, 0.2) is 9.84 Å². The number of fused-ring (bicyclic) bond motifs is 1. The van der Waals surface area contributed by atoms with Crippen molar-refractivity contribution in [3.05, 3.63) is 35.5 Å². The van der Waals surface area contributed by atoms with E-state index in [1.807, 2.05) is 6.07 Å². The van der Waals surface area contributed by atoms with Crippen LogP contribution in [0.3, 0.4) is 0 Å². The van der Waals surface area contributed by atoms with Crippen LogP contribution in [0.2, 0.25) is 0 Å². The Kier molecular flexibility index (Phi) is 3.72. The van der Waals surface area contributed by atoms with E-state index in [0.29, 0.717) is 0 Å². The predicted molar refractivity (Wildman–Crippen MR) is 80.2 cm³/mol. The molecule has 104 valence electrons. The van der Waals surface area contributed by atoms with E-state index >= 15 is 0 Å². The third-order valence-corrected chi connectivity index (χ3v) is 5.01. The summed E-state index contributed by atoms with van der Waals surface area (Å²) in [5, 5.41) is 1.12. The van der Waals surface area contributed by atoms with Crippen LogP contribution in [0.5, 0.6) is 0 Å². The van der Waals surface area contributed by atoms with Crippen molar-refractivity contribution in [1.82, 2.24) is 4.57 Å². The van der Waals surface area contributed by atoms with Gasteiger partial charge in [0.2, 0.25) is 0 Å². The number of hydrogen-bond acceptors (Lipinski definition) is 2. The molecule has 4 heteroatoms. The molecule has 0 fully saturated rings. The highest BCUT2D eigenvalue weighted by Crippen LogP contribution is 2.26. The summed E-state index contributed by atoms with van der Waals surface area (Å²) in [7, 11) is -3.01. The van der Waals surface area contributed by atoms with Crippen molar-refractivity contribution in [2.45, 2.75) is 39.5 Å². The Balaban J connectivity index is 2.63. The van der Waals surface area contributed by atoms with E-state index in [-0.39, 0.29) is 17.5 Å². The van der Waals surface area contributed by atoms with E-state index in [9.17, 15) is 8.42 Å². The normalized spacial score (nSPS) is 12.5. The molecule has 0 aliphatic rings. The number of rotatable bonds is 4. The molecule has 3 nitrogen and oxygen atoms in total. The minimum atomic E-state index is -3.01. The summed E-state index contributed by atoms with van der Waals surface area (Å²) in [5.41, 5.74) is 3.19. The number of hydrogen-bond donors (Lipinski definition) is 0. The number of benzene rings is 1. The smallest absolute Gasteiger partial charge is 0.155 e. The SMILES string of the molecule is CCS(=O)(=O)Cc1cc2cc(C)ccc2n1C(C)C. The maximum absolute atomic E-state index is 11.9. The van der Waals surface area contributed by atoms with Crippen LogP contribution in [-0.2, 0) is 15.6 Å². The van der Waals surface area contributed by atoms with E-state index in [2.05, 4.69) is 43.5 Å². The van der Waals surface area contributed by atoms with Crippen LogP contribution < -0.4 is 0 Å². The van der Waals surface area contributed by atoms with Crippen LogP contribution in [0.1, 0.15) is 38.1 Å². The Morgan fingerprint density at radius 1 is 1.21 bits per heavy atom. The lowest BCUT2D eigenvalue weighted by molar-refractivity contribution is 0.582. The molecule has 0 saturated heterocycles. The van der Waals surface area contributed by atoms with E-state index in [0.717, 1.165) is 16.6 Å². The molecule has 2 aromatic rings. The molecular formula is C15H21NO2S. The second kappa shape index (κ2) is 5.00. The van der Waals surface area contributed by atoms with E-state index < -0.39 is 9.84 Å². The first-order chi connectivity index (χ1) is 8.84. The van der Waals surface area contributed by atoms with Gasteiger partial charge in [-0.15, -0.1) is 0 Å². The van der Waals surface area contributed by atoms with Gasteiger partial charge in [-0.05, 0) is 39.0 Å². The summed E-state index contributed by atoms with van der Waals surface area (Å²) in [6.45, 7) is 7.92.